The number of halogens is 1. The lowest BCUT2D eigenvalue weighted by Gasteiger charge is -2.21. The lowest BCUT2D eigenvalue weighted by Crippen LogP contribution is -2.18. The average Bonchev–Trinajstić information content (AvgIpc) is 2.72. The van der Waals surface area contributed by atoms with E-state index >= 15 is 0 Å². The molecule has 0 amide bonds. The number of aromatic nitrogens is 1. The zero-order valence-corrected chi connectivity index (χ0v) is 17.1. The molecule has 6 heteroatoms. The second kappa shape index (κ2) is 9.07. The van der Waals surface area contributed by atoms with Crippen molar-refractivity contribution in [3.8, 4) is 0 Å². The van der Waals surface area contributed by atoms with E-state index in [9.17, 15) is 15.1 Å². The second-order valence-electron chi connectivity index (χ2n) is 7.07. The summed E-state index contributed by atoms with van der Waals surface area (Å²) < 4.78 is 1.46. The number of oxime groups is 1. The predicted octanol–water partition coefficient (Wildman–Crippen LogP) is 4.24. The molecule has 3 aromatic rings. The van der Waals surface area contributed by atoms with Gasteiger partial charge in [-0.1, -0.05) is 47.1 Å². The van der Waals surface area contributed by atoms with Crippen molar-refractivity contribution in [3.63, 3.8) is 0 Å². The number of benzene rings is 2. The largest absolute Gasteiger partial charge is 0.411 e. The van der Waals surface area contributed by atoms with Crippen LogP contribution in [0.1, 0.15) is 40.2 Å². The number of rotatable bonds is 6. The Morgan fingerprint density at radius 3 is 2.45 bits per heavy atom. The monoisotopic (exact) mass is 410 g/mol. The predicted molar refractivity (Wildman–Crippen MR) is 115 cm³/mol. The van der Waals surface area contributed by atoms with Gasteiger partial charge >= 0.3 is 0 Å². The van der Waals surface area contributed by atoms with Crippen LogP contribution in [0.3, 0.4) is 0 Å². The van der Waals surface area contributed by atoms with Crippen LogP contribution in [0.25, 0.3) is 0 Å². The summed E-state index contributed by atoms with van der Waals surface area (Å²) in [5.74, 6) is -0.0943. The maximum absolute atomic E-state index is 11.7. The molecule has 0 aliphatic carbocycles. The van der Waals surface area contributed by atoms with Crippen LogP contribution in [0.2, 0.25) is 5.02 Å². The van der Waals surface area contributed by atoms with E-state index in [4.69, 9.17) is 11.6 Å². The summed E-state index contributed by atoms with van der Waals surface area (Å²) in [7, 11) is 1.66. The minimum Gasteiger partial charge on any atom is -0.411 e. The Morgan fingerprint density at radius 1 is 1.14 bits per heavy atom. The molecule has 0 bridgehead atoms. The Morgan fingerprint density at radius 2 is 1.86 bits per heavy atom. The highest BCUT2D eigenvalue weighted by atomic mass is 35.5. The van der Waals surface area contributed by atoms with Crippen LogP contribution in [-0.2, 0) is 13.7 Å². The van der Waals surface area contributed by atoms with Gasteiger partial charge in [0.05, 0.1) is 12.3 Å². The molecular formula is C23H23ClN2O3. The highest BCUT2D eigenvalue weighted by Gasteiger charge is 2.21. The van der Waals surface area contributed by atoms with Gasteiger partial charge in [0.1, 0.15) is 0 Å². The fraction of sp³-hybridized carbons (Fsp3) is 0.217. The van der Waals surface area contributed by atoms with Gasteiger partial charge < -0.3 is 14.9 Å². The first-order chi connectivity index (χ1) is 13.9. The van der Waals surface area contributed by atoms with Crippen molar-refractivity contribution in [2.24, 2.45) is 12.2 Å². The molecule has 150 valence electrons. The van der Waals surface area contributed by atoms with E-state index in [1.165, 1.54) is 10.6 Å². The average molecular weight is 411 g/mol. The molecule has 0 saturated heterocycles. The summed E-state index contributed by atoms with van der Waals surface area (Å²) >= 11 is 6.14. The standard InChI is InChI=1S/C23H23ClN2O3/c1-15-11-19(24)8-9-20(15)21(17-5-3-16(14-27)4-6-17)12-22(25-29)18-7-10-23(28)26(2)13-18/h3-11,13,21,27,29H,12,14H2,1-2H3/b25-22+. The van der Waals surface area contributed by atoms with Crippen molar-refractivity contribution in [3.05, 3.63) is 104 Å². The molecule has 29 heavy (non-hydrogen) atoms. The number of hydrogen-bond acceptors (Lipinski definition) is 4. The first-order valence-electron chi connectivity index (χ1n) is 9.26. The summed E-state index contributed by atoms with van der Waals surface area (Å²) in [5.41, 5.74) is 4.98. The highest BCUT2D eigenvalue weighted by Crippen LogP contribution is 2.33. The van der Waals surface area contributed by atoms with Gasteiger partial charge in [0.15, 0.2) is 0 Å². The highest BCUT2D eigenvalue weighted by molar-refractivity contribution is 6.30. The van der Waals surface area contributed by atoms with Crippen LogP contribution in [0.5, 0.6) is 0 Å². The van der Waals surface area contributed by atoms with Crippen molar-refractivity contribution in [1.82, 2.24) is 4.57 Å². The van der Waals surface area contributed by atoms with E-state index in [1.807, 2.05) is 49.4 Å². The van der Waals surface area contributed by atoms with Gasteiger partial charge in [-0.15, -0.1) is 0 Å². The fourth-order valence-corrected chi connectivity index (χ4v) is 3.69. The van der Waals surface area contributed by atoms with Gasteiger partial charge in [-0.25, -0.2) is 0 Å². The summed E-state index contributed by atoms with van der Waals surface area (Å²) in [6.07, 6.45) is 2.09. The van der Waals surface area contributed by atoms with Gasteiger partial charge in [-0.05, 0) is 47.4 Å². The number of aliphatic hydroxyl groups is 1. The van der Waals surface area contributed by atoms with E-state index < -0.39 is 0 Å². The topological polar surface area (TPSA) is 74.8 Å². The number of aliphatic hydroxyl groups excluding tert-OH is 1. The first-order valence-corrected chi connectivity index (χ1v) is 9.64. The van der Waals surface area contributed by atoms with Gasteiger partial charge in [0.2, 0.25) is 5.56 Å². The Balaban J connectivity index is 2.05. The Labute approximate surface area is 174 Å². The molecule has 0 aliphatic rings. The van der Waals surface area contributed by atoms with E-state index in [0.717, 1.165) is 22.3 Å². The Kier molecular flexibility index (Phi) is 6.52. The van der Waals surface area contributed by atoms with Crippen LogP contribution in [0, 0.1) is 6.92 Å². The van der Waals surface area contributed by atoms with E-state index in [2.05, 4.69) is 5.16 Å². The molecule has 0 fully saturated rings. The molecule has 1 aromatic heterocycles. The van der Waals surface area contributed by atoms with Gasteiger partial charge in [-0.3, -0.25) is 4.79 Å². The SMILES string of the molecule is Cc1cc(Cl)ccc1C(C/C(=N\O)c1ccc(=O)n(C)c1)c1ccc(CO)cc1. The van der Waals surface area contributed by atoms with Crippen molar-refractivity contribution in [2.45, 2.75) is 25.9 Å². The molecule has 2 aromatic carbocycles. The Hall–Kier alpha value is -2.89. The molecule has 0 saturated carbocycles. The second-order valence-corrected chi connectivity index (χ2v) is 7.51. The van der Waals surface area contributed by atoms with Crippen LogP contribution < -0.4 is 5.56 Å². The summed E-state index contributed by atoms with van der Waals surface area (Å²) in [4.78, 5) is 11.7. The minimum atomic E-state index is -0.129. The fourth-order valence-electron chi connectivity index (χ4n) is 3.47. The third-order valence-corrected chi connectivity index (χ3v) is 5.34. The van der Waals surface area contributed by atoms with Crippen molar-refractivity contribution < 1.29 is 10.3 Å². The van der Waals surface area contributed by atoms with Crippen molar-refractivity contribution in [1.29, 1.82) is 0 Å². The third-order valence-electron chi connectivity index (χ3n) is 5.11. The number of nitrogens with zero attached hydrogens (tertiary/aromatic N) is 2. The third kappa shape index (κ3) is 4.75. The molecule has 0 spiro atoms. The molecule has 0 radical (unpaired) electrons. The maximum Gasteiger partial charge on any atom is 0.250 e. The van der Waals surface area contributed by atoms with E-state index in [0.29, 0.717) is 22.7 Å². The number of pyridine rings is 1. The molecule has 5 nitrogen and oxygen atoms in total. The van der Waals surface area contributed by atoms with Crippen molar-refractivity contribution >= 4 is 17.3 Å². The van der Waals surface area contributed by atoms with Gasteiger partial charge in [0, 0.05) is 42.2 Å². The molecule has 2 N–H and O–H groups in total. The summed E-state index contributed by atoms with van der Waals surface area (Å²) in [5, 5.41) is 23.3. The van der Waals surface area contributed by atoms with E-state index in [-0.39, 0.29) is 18.1 Å². The smallest absolute Gasteiger partial charge is 0.250 e. The minimum absolute atomic E-state index is 0.0215. The zero-order chi connectivity index (χ0) is 21.0. The van der Waals surface area contributed by atoms with Gasteiger partial charge in [-0.2, -0.15) is 0 Å². The molecule has 1 unspecified atom stereocenters. The maximum atomic E-state index is 11.7. The molecule has 1 heterocycles. The first kappa shape index (κ1) is 20.8. The van der Waals surface area contributed by atoms with Crippen LogP contribution in [0.15, 0.2) is 70.7 Å². The Bertz CT molecular complexity index is 1090. The van der Waals surface area contributed by atoms with Gasteiger partial charge in [0.25, 0.3) is 0 Å². The summed E-state index contributed by atoms with van der Waals surface area (Å²) in [6.45, 7) is 1.98. The van der Waals surface area contributed by atoms with Crippen molar-refractivity contribution in [2.75, 3.05) is 0 Å². The molecule has 0 aliphatic heterocycles. The molecule has 1 atom stereocenters. The number of hydrogen-bond donors (Lipinski definition) is 2. The quantitative estimate of drug-likeness (QED) is 0.362. The van der Waals surface area contributed by atoms with Crippen LogP contribution in [0.4, 0.5) is 0 Å². The molecular weight excluding hydrogens is 388 g/mol. The van der Waals surface area contributed by atoms with Crippen LogP contribution >= 0.6 is 11.6 Å². The molecule has 3 rings (SSSR count). The van der Waals surface area contributed by atoms with E-state index in [1.54, 1.807) is 19.3 Å². The normalized spacial score (nSPS) is 12.8. The van der Waals surface area contributed by atoms with Crippen LogP contribution in [-0.4, -0.2) is 20.6 Å². The zero-order valence-electron chi connectivity index (χ0n) is 16.3. The summed E-state index contributed by atoms with van der Waals surface area (Å²) in [6, 6.07) is 16.6. The lowest BCUT2D eigenvalue weighted by molar-refractivity contribution is 0.282. The number of aryl methyl sites for hydroxylation is 2. The lowest BCUT2D eigenvalue weighted by atomic mass is 9.83.